The first-order valence-corrected chi connectivity index (χ1v) is 4.40. The van der Waals surface area contributed by atoms with E-state index in [4.69, 9.17) is 5.73 Å². The third kappa shape index (κ3) is 1.08. The number of hydrogen-bond donors (Lipinski definition) is 2. The molecule has 0 saturated carbocycles. The highest BCUT2D eigenvalue weighted by molar-refractivity contribution is 5.59. The minimum absolute atomic E-state index is 0.153. The van der Waals surface area contributed by atoms with Crippen LogP contribution in [0, 0.1) is 0 Å². The molecule has 0 radical (unpaired) electrons. The average molecular weight is 162 g/mol. The highest BCUT2D eigenvalue weighted by Crippen LogP contribution is 2.28. The monoisotopic (exact) mass is 162 g/mol. The molecule has 0 spiro atoms. The minimum Gasteiger partial charge on any atom is -0.384 e. The highest BCUT2D eigenvalue weighted by atomic mass is 14.9. The maximum atomic E-state index is 5.86. The van der Waals surface area contributed by atoms with Gasteiger partial charge in [0.2, 0.25) is 0 Å². The first kappa shape index (κ1) is 7.62. The van der Waals surface area contributed by atoms with E-state index in [0.717, 1.165) is 13.0 Å². The standard InChI is InChI=1S/C10H14N2/c1-7(11)8-3-2-4-10-9(8)5-6-12-10/h2-4,7,12H,5-6,11H2,1H3/t7-/m1/s1. The normalized spacial score (nSPS) is 16.8. The summed E-state index contributed by atoms with van der Waals surface area (Å²) in [7, 11) is 0. The van der Waals surface area contributed by atoms with Crippen LogP contribution in [-0.4, -0.2) is 6.54 Å². The topological polar surface area (TPSA) is 38.0 Å². The molecule has 0 fully saturated rings. The molecule has 2 rings (SSSR count). The van der Waals surface area contributed by atoms with Crippen molar-refractivity contribution in [1.29, 1.82) is 0 Å². The third-order valence-corrected chi connectivity index (χ3v) is 2.39. The summed E-state index contributed by atoms with van der Waals surface area (Å²) < 4.78 is 0. The summed E-state index contributed by atoms with van der Waals surface area (Å²) in [6, 6.07) is 6.46. The smallest absolute Gasteiger partial charge is 0.0376 e. The summed E-state index contributed by atoms with van der Waals surface area (Å²) in [6.45, 7) is 3.09. The molecule has 1 aromatic carbocycles. The molecule has 1 heterocycles. The van der Waals surface area contributed by atoms with Crippen LogP contribution in [0.3, 0.4) is 0 Å². The highest BCUT2D eigenvalue weighted by Gasteiger charge is 2.14. The van der Waals surface area contributed by atoms with Crippen molar-refractivity contribution in [2.75, 3.05) is 11.9 Å². The number of rotatable bonds is 1. The maximum Gasteiger partial charge on any atom is 0.0376 e. The van der Waals surface area contributed by atoms with Crippen LogP contribution in [0.4, 0.5) is 5.69 Å². The summed E-state index contributed by atoms with van der Waals surface area (Å²) in [5, 5.41) is 3.34. The Kier molecular flexibility index (Phi) is 1.77. The van der Waals surface area contributed by atoms with Crippen LogP contribution >= 0.6 is 0 Å². The number of hydrogen-bond acceptors (Lipinski definition) is 2. The van der Waals surface area contributed by atoms with Crippen LogP contribution in [-0.2, 0) is 6.42 Å². The van der Waals surface area contributed by atoms with Crippen LogP contribution in [0.2, 0.25) is 0 Å². The third-order valence-electron chi connectivity index (χ3n) is 2.39. The summed E-state index contributed by atoms with van der Waals surface area (Å²) in [5.74, 6) is 0. The van der Waals surface area contributed by atoms with E-state index >= 15 is 0 Å². The van der Waals surface area contributed by atoms with E-state index in [0.29, 0.717) is 0 Å². The molecule has 3 N–H and O–H groups in total. The van der Waals surface area contributed by atoms with Crippen LogP contribution in [0.5, 0.6) is 0 Å². The van der Waals surface area contributed by atoms with Crippen molar-refractivity contribution in [3.8, 4) is 0 Å². The molecule has 1 atom stereocenters. The Morgan fingerprint density at radius 1 is 1.50 bits per heavy atom. The van der Waals surface area contributed by atoms with Gasteiger partial charge in [0.25, 0.3) is 0 Å². The van der Waals surface area contributed by atoms with E-state index in [1.165, 1.54) is 16.8 Å². The fourth-order valence-corrected chi connectivity index (χ4v) is 1.80. The molecular weight excluding hydrogens is 148 g/mol. The van der Waals surface area contributed by atoms with Crippen molar-refractivity contribution in [2.24, 2.45) is 5.73 Å². The van der Waals surface area contributed by atoms with Crippen molar-refractivity contribution in [3.63, 3.8) is 0 Å². The molecular formula is C10H14N2. The number of nitrogens with two attached hydrogens (primary N) is 1. The SMILES string of the molecule is C[C@@H](N)c1cccc2c1CCN2. The Labute approximate surface area is 72.8 Å². The van der Waals surface area contributed by atoms with Crippen LogP contribution in [0.1, 0.15) is 24.1 Å². The zero-order chi connectivity index (χ0) is 8.55. The molecule has 2 nitrogen and oxygen atoms in total. The van der Waals surface area contributed by atoms with Gasteiger partial charge in [-0.25, -0.2) is 0 Å². The Hall–Kier alpha value is -1.02. The predicted octanol–water partition coefficient (Wildman–Crippen LogP) is 1.67. The van der Waals surface area contributed by atoms with Gasteiger partial charge in [0.1, 0.15) is 0 Å². The molecule has 0 amide bonds. The van der Waals surface area contributed by atoms with Crippen molar-refractivity contribution < 1.29 is 0 Å². The quantitative estimate of drug-likeness (QED) is 0.659. The second kappa shape index (κ2) is 2.79. The van der Waals surface area contributed by atoms with Crippen molar-refractivity contribution >= 4 is 5.69 Å². The molecule has 1 aliphatic rings. The Bertz CT molecular complexity index is 292. The molecule has 0 aromatic heterocycles. The maximum absolute atomic E-state index is 5.86. The number of benzene rings is 1. The van der Waals surface area contributed by atoms with E-state index in [1.54, 1.807) is 0 Å². The molecule has 12 heavy (non-hydrogen) atoms. The Balaban J connectivity index is 2.49. The summed E-state index contributed by atoms with van der Waals surface area (Å²) in [4.78, 5) is 0. The van der Waals surface area contributed by atoms with E-state index in [1.807, 2.05) is 6.92 Å². The summed E-state index contributed by atoms with van der Waals surface area (Å²) in [5.41, 5.74) is 9.83. The second-order valence-electron chi connectivity index (χ2n) is 3.34. The van der Waals surface area contributed by atoms with E-state index in [9.17, 15) is 0 Å². The predicted molar refractivity (Wildman–Crippen MR) is 51.2 cm³/mol. The Morgan fingerprint density at radius 2 is 2.33 bits per heavy atom. The first-order valence-electron chi connectivity index (χ1n) is 4.40. The van der Waals surface area contributed by atoms with Gasteiger partial charge in [0.05, 0.1) is 0 Å². The fraction of sp³-hybridized carbons (Fsp3) is 0.400. The van der Waals surface area contributed by atoms with Gasteiger partial charge in [-0.3, -0.25) is 0 Å². The van der Waals surface area contributed by atoms with E-state index in [2.05, 4.69) is 23.5 Å². The van der Waals surface area contributed by atoms with Crippen molar-refractivity contribution in [1.82, 2.24) is 0 Å². The lowest BCUT2D eigenvalue weighted by atomic mass is 10.0. The van der Waals surface area contributed by atoms with Crippen LogP contribution in [0.25, 0.3) is 0 Å². The molecule has 1 aromatic rings. The lowest BCUT2D eigenvalue weighted by molar-refractivity contribution is 0.805. The number of nitrogens with one attached hydrogen (secondary N) is 1. The Morgan fingerprint density at radius 3 is 3.08 bits per heavy atom. The molecule has 2 heteroatoms. The molecule has 0 bridgehead atoms. The van der Waals surface area contributed by atoms with Gasteiger partial charge >= 0.3 is 0 Å². The van der Waals surface area contributed by atoms with Gasteiger partial charge in [-0.15, -0.1) is 0 Å². The zero-order valence-corrected chi connectivity index (χ0v) is 7.30. The molecule has 1 aliphatic heterocycles. The second-order valence-corrected chi connectivity index (χ2v) is 3.34. The molecule has 0 aliphatic carbocycles. The molecule has 64 valence electrons. The van der Waals surface area contributed by atoms with Gasteiger partial charge < -0.3 is 11.1 Å². The summed E-state index contributed by atoms with van der Waals surface area (Å²) in [6.07, 6.45) is 1.12. The first-order chi connectivity index (χ1) is 5.79. The molecule has 0 saturated heterocycles. The lowest BCUT2D eigenvalue weighted by Gasteiger charge is -2.10. The van der Waals surface area contributed by atoms with Gasteiger partial charge in [-0.05, 0) is 30.5 Å². The lowest BCUT2D eigenvalue weighted by Crippen LogP contribution is -2.07. The summed E-state index contributed by atoms with van der Waals surface area (Å²) >= 11 is 0. The van der Waals surface area contributed by atoms with Crippen molar-refractivity contribution in [3.05, 3.63) is 29.3 Å². The fourth-order valence-electron chi connectivity index (χ4n) is 1.80. The van der Waals surface area contributed by atoms with Gasteiger partial charge in [0.15, 0.2) is 0 Å². The van der Waals surface area contributed by atoms with Gasteiger partial charge in [0, 0.05) is 18.3 Å². The zero-order valence-electron chi connectivity index (χ0n) is 7.30. The number of fused-ring (bicyclic) bond motifs is 1. The van der Waals surface area contributed by atoms with E-state index in [-0.39, 0.29) is 6.04 Å². The minimum atomic E-state index is 0.153. The van der Waals surface area contributed by atoms with Crippen molar-refractivity contribution in [2.45, 2.75) is 19.4 Å². The van der Waals surface area contributed by atoms with E-state index < -0.39 is 0 Å². The van der Waals surface area contributed by atoms with Crippen LogP contribution in [0.15, 0.2) is 18.2 Å². The number of anilines is 1. The van der Waals surface area contributed by atoms with Gasteiger partial charge in [-0.1, -0.05) is 12.1 Å². The van der Waals surface area contributed by atoms with Gasteiger partial charge in [-0.2, -0.15) is 0 Å². The average Bonchev–Trinajstić information content (AvgIpc) is 2.49. The van der Waals surface area contributed by atoms with Crippen LogP contribution < -0.4 is 11.1 Å². The molecule has 0 unspecified atom stereocenters. The largest absolute Gasteiger partial charge is 0.384 e.